The predicted molar refractivity (Wildman–Crippen MR) is 128 cm³/mol. The molecule has 4 aromatic rings. The van der Waals surface area contributed by atoms with Gasteiger partial charge in [0.15, 0.2) is 0 Å². The number of anilines is 1. The maximum atomic E-state index is 12.8. The van der Waals surface area contributed by atoms with E-state index in [-0.39, 0.29) is 23.4 Å². The Morgan fingerprint density at radius 3 is 2.68 bits per heavy atom. The van der Waals surface area contributed by atoms with E-state index in [1.54, 1.807) is 18.2 Å². The molecule has 34 heavy (non-hydrogen) atoms. The van der Waals surface area contributed by atoms with Crippen LogP contribution in [0.3, 0.4) is 0 Å². The molecule has 3 N–H and O–H groups in total. The van der Waals surface area contributed by atoms with Crippen LogP contribution in [0.5, 0.6) is 5.75 Å². The summed E-state index contributed by atoms with van der Waals surface area (Å²) in [5.41, 5.74) is 3.69. The summed E-state index contributed by atoms with van der Waals surface area (Å²) in [5, 5.41) is 20.6. The SMILES string of the molecule is CCCNC(=O)n1nc(-c2cc(NC(=O)c3cnc4ccccc4n3)ccc2O)cc1C1CC1. The van der Waals surface area contributed by atoms with Gasteiger partial charge < -0.3 is 15.7 Å². The van der Waals surface area contributed by atoms with Crippen molar-refractivity contribution in [2.75, 3.05) is 11.9 Å². The largest absolute Gasteiger partial charge is 0.507 e. The van der Waals surface area contributed by atoms with Crippen LogP contribution >= 0.6 is 0 Å². The van der Waals surface area contributed by atoms with Gasteiger partial charge in [0.25, 0.3) is 5.91 Å². The number of hydrogen-bond acceptors (Lipinski definition) is 6. The molecule has 0 saturated heterocycles. The zero-order valence-corrected chi connectivity index (χ0v) is 18.7. The Kier molecular flexibility index (Phi) is 5.67. The summed E-state index contributed by atoms with van der Waals surface area (Å²) in [6, 6.07) is 13.6. The molecular weight excluding hydrogens is 432 g/mol. The van der Waals surface area contributed by atoms with Gasteiger partial charge in [0, 0.05) is 23.7 Å². The Labute approximate surface area is 195 Å². The highest BCUT2D eigenvalue weighted by Crippen LogP contribution is 2.42. The van der Waals surface area contributed by atoms with E-state index in [1.807, 2.05) is 31.2 Å². The van der Waals surface area contributed by atoms with Crippen LogP contribution in [0.25, 0.3) is 22.3 Å². The summed E-state index contributed by atoms with van der Waals surface area (Å²) in [4.78, 5) is 34.0. The Morgan fingerprint density at radius 2 is 1.91 bits per heavy atom. The first kappa shape index (κ1) is 21.6. The predicted octanol–water partition coefficient (Wildman–Crippen LogP) is 4.30. The van der Waals surface area contributed by atoms with E-state index in [0.717, 1.165) is 25.0 Å². The summed E-state index contributed by atoms with van der Waals surface area (Å²) in [5.74, 6) is -0.132. The minimum absolute atomic E-state index is 0.00413. The molecule has 1 saturated carbocycles. The molecule has 0 spiro atoms. The molecule has 1 aliphatic rings. The van der Waals surface area contributed by atoms with Gasteiger partial charge in [-0.05, 0) is 55.7 Å². The van der Waals surface area contributed by atoms with Crippen molar-refractivity contribution in [1.29, 1.82) is 0 Å². The highest BCUT2D eigenvalue weighted by atomic mass is 16.3. The van der Waals surface area contributed by atoms with E-state index in [9.17, 15) is 14.7 Å². The number of amides is 2. The molecule has 9 nitrogen and oxygen atoms in total. The fourth-order valence-electron chi connectivity index (χ4n) is 3.75. The molecule has 1 fully saturated rings. The van der Waals surface area contributed by atoms with Gasteiger partial charge in [-0.3, -0.25) is 9.78 Å². The molecule has 0 bridgehead atoms. The van der Waals surface area contributed by atoms with Gasteiger partial charge in [-0.2, -0.15) is 9.78 Å². The molecule has 2 amide bonds. The second-order valence-corrected chi connectivity index (χ2v) is 8.30. The van der Waals surface area contributed by atoms with Crippen LogP contribution in [0.15, 0.2) is 54.7 Å². The first-order chi connectivity index (χ1) is 16.5. The number of carbonyl (C=O) groups excluding carboxylic acids is 2. The Morgan fingerprint density at radius 1 is 1.12 bits per heavy atom. The summed E-state index contributed by atoms with van der Waals surface area (Å²) in [7, 11) is 0. The van der Waals surface area contributed by atoms with E-state index in [4.69, 9.17) is 0 Å². The smallest absolute Gasteiger partial charge is 0.342 e. The summed E-state index contributed by atoms with van der Waals surface area (Å²) < 4.78 is 1.39. The van der Waals surface area contributed by atoms with Gasteiger partial charge in [0.1, 0.15) is 11.4 Å². The van der Waals surface area contributed by atoms with Crippen molar-refractivity contribution in [3.63, 3.8) is 0 Å². The molecule has 2 aromatic heterocycles. The minimum Gasteiger partial charge on any atom is -0.507 e. The number of carbonyl (C=O) groups is 2. The third-order valence-electron chi connectivity index (χ3n) is 5.66. The first-order valence-electron chi connectivity index (χ1n) is 11.3. The molecule has 0 atom stereocenters. The quantitative estimate of drug-likeness (QED) is 0.372. The number of phenolic OH excluding ortho intramolecular Hbond substituents is 1. The second kappa shape index (κ2) is 8.93. The molecule has 0 unspecified atom stereocenters. The zero-order chi connectivity index (χ0) is 23.7. The monoisotopic (exact) mass is 456 g/mol. The number of benzene rings is 2. The number of phenols is 1. The van der Waals surface area contributed by atoms with E-state index in [0.29, 0.717) is 34.5 Å². The number of para-hydroxylation sites is 2. The number of aromatic nitrogens is 4. The number of nitrogens with one attached hydrogen (secondary N) is 2. The molecule has 2 aromatic carbocycles. The number of hydrogen-bond donors (Lipinski definition) is 3. The Balaban J connectivity index is 1.42. The zero-order valence-electron chi connectivity index (χ0n) is 18.7. The fourth-order valence-corrected chi connectivity index (χ4v) is 3.75. The minimum atomic E-state index is -0.418. The van der Waals surface area contributed by atoms with Crippen molar-refractivity contribution in [3.05, 3.63) is 66.1 Å². The lowest BCUT2D eigenvalue weighted by atomic mass is 10.1. The van der Waals surface area contributed by atoms with Gasteiger partial charge in [0.2, 0.25) is 0 Å². The summed E-state index contributed by atoms with van der Waals surface area (Å²) in [6.45, 7) is 2.54. The highest BCUT2D eigenvalue weighted by Gasteiger charge is 2.30. The lowest BCUT2D eigenvalue weighted by Crippen LogP contribution is -2.31. The summed E-state index contributed by atoms with van der Waals surface area (Å²) in [6.07, 6.45) is 4.25. The fraction of sp³-hybridized carbons (Fsp3) is 0.240. The van der Waals surface area contributed by atoms with Gasteiger partial charge in [-0.1, -0.05) is 19.1 Å². The topological polar surface area (TPSA) is 122 Å². The maximum Gasteiger partial charge on any atom is 0.342 e. The number of nitrogens with zero attached hydrogens (tertiary/aromatic N) is 4. The third kappa shape index (κ3) is 4.32. The average molecular weight is 457 g/mol. The number of aromatic hydroxyl groups is 1. The van der Waals surface area contributed by atoms with Crippen LogP contribution in [0.1, 0.15) is 48.3 Å². The van der Waals surface area contributed by atoms with Crippen molar-refractivity contribution >= 4 is 28.7 Å². The van der Waals surface area contributed by atoms with Gasteiger partial charge >= 0.3 is 6.03 Å². The van der Waals surface area contributed by atoms with Crippen molar-refractivity contribution in [3.8, 4) is 17.0 Å². The van der Waals surface area contributed by atoms with Crippen molar-refractivity contribution in [1.82, 2.24) is 25.1 Å². The van der Waals surface area contributed by atoms with Gasteiger partial charge in [-0.15, -0.1) is 0 Å². The average Bonchev–Trinajstić information content (AvgIpc) is 3.61. The normalized spacial score (nSPS) is 13.1. The van der Waals surface area contributed by atoms with Gasteiger partial charge in [0.05, 0.1) is 28.6 Å². The number of fused-ring (bicyclic) bond motifs is 1. The van der Waals surface area contributed by atoms with E-state index in [1.165, 1.54) is 16.9 Å². The van der Waals surface area contributed by atoms with E-state index >= 15 is 0 Å². The number of rotatable bonds is 6. The molecule has 0 radical (unpaired) electrons. The van der Waals surface area contributed by atoms with Crippen molar-refractivity contribution in [2.24, 2.45) is 0 Å². The maximum absolute atomic E-state index is 12.8. The molecule has 172 valence electrons. The Bertz CT molecular complexity index is 1390. The van der Waals surface area contributed by atoms with Crippen LogP contribution in [0.4, 0.5) is 10.5 Å². The highest BCUT2D eigenvalue weighted by molar-refractivity contribution is 6.04. The standard InChI is InChI=1S/C25H24N6O3/c1-2-11-26-25(34)31-22(15-7-8-15)13-20(30-31)17-12-16(9-10-23(17)32)28-24(33)21-14-27-18-5-3-4-6-19(18)29-21/h3-6,9-10,12-15,32H,2,7-8,11H2,1H3,(H,26,34)(H,28,33). The second-order valence-electron chi connectivity index (χ2n) is 8.30. The third-order valence-corrected chi connectivity index (χ3v) is 5.66. The molecule has 9 heteroatoms. The lowest BCUT2D eigenvalue weighted by Gasteiger charge is -2.08. The molecule has 0 aliphatic heterocycles. The molecular formula is C25H24N6O3. The van der Waals surface area contributed by atoms with Crippen molar-refractivity contribution in [2.45, 2.75) is 32.1 Å². The van der Waals surface area contributed by atoms with E-state index < -0.39 is 5.91 Å². The van der Waals surface area contributed by atoms with Gasteiger partial charge in [-0.25, -0.2) is 9.78 Å². The lowest BCUT2D eigenvalue weighted by molar-refractivity contribution is 0.102. The Hall–Kier alpha value is -4.27. The molecule has 2 heterocycles. The van der Waals surface area contributed by atoms with Crippen LogP contribution in [-0.4, -0.2) is 43.3 Å². The van der Waals surface area contributed by atoms with Crippen LogP contribution < -0.4 is 10.6 Å². The van der Waals surface area contributed by atoms with Crippen LogP contribution in [0, 0.1) is 0 Å². The van der Waals surface area contributed by atoms with E-state index in [2.05, 4.69) is 25.7 Å². The molecule has 1 aliphatic carbocycles. The van der Waals surface area contributed by atoms with Crippen LogP contribution in [-0.2, 0) is 0 Å². The first-order valence-corrected chi connectivity index (χ1v) is 11.3. The summed E-state index contributed by atoms with van der Waals surface area (Å²) >= 11 is 0. The molecule has 5 rings (SSSR count). The van der Waals surface area contributed by atoms with Crippen molar-refractivity contribution < 1.29 is 14.7 Å². The van der Waals surface area contributed by atoms with Crippen LogP contribution in [0.2, 0.25) is 0 Å².